The van der Waals surface area contributed by atoms with Crippen molar-refractivity contribution in [3.8, 4) is 5.75 Å². The second kappa shape index (κ2) is 6.42. The number of benzene rings is 1. The van der Waals surface area contributed by atoms with E-state index in [0.717, 1.165) is 20.4 Å². The average Bonchev–Trinajstić information content (AvgIpc) is 2.24. The van der Waals surface area contributed by atoms with Gasteiger partial charge < -0.3 is 14.6 Å². The van der Waals surface area contributed by atoms with Crippen LogP contribution in [0.1, 0.15) is 25.0 Å². The maximum Gasteiger partial charge on any atom is 0.197 e. The van der Waals surface area contributed by atoms with Crippen molar-refractivity contribution in [2.24, 2.45) is 0 Å². The largest absolute Gasteiger partial charge is 0.464 e. The number of halogens is 1. The fraction of sp³-hybridized carbons (Fsp3) is 0.500. The molecule has 0 aliphatic carbocycles. The molecule has 0 amide bonds. The number of aliphatic hydroxyl groups is 1. The molecule has 0 fully saturated rings. The van der Waals surface area contributed by atoms with Gasteiger partial charge in [0.1, 0.15) is 5.75 Å². The highest BCUT2D eigenvalue weighted by molar-refractivity contribution is 14.1. The van der Waals surface area contributed by atoms with Gasteiger partial charge in [0.05, 0.1) is 10.2 Å². The van der Waals surface area contributed by atoms with Gasteiger partial charge >= 0.3 is 0 Å². The Bertz CT molecular complexity index is 352. The Morgan fingerprint density at radius 3 is 2.69 bits per heavy atom. The Morgan fingerprint density at radius 2 is 2.12 bits per heavy atom. The lowest BCUT2D eigenvalue weighted by atomic mass is 10.1. The third-order valence-electron chi connectivity index (χ3n) is 2.16. The third kappa shape index (κ3) is 3.61. The third-order valence-corrected chi connectivity index (χ3v) is 3.54. The number of hydrogen-bond acceptors (Lipinski definition) is 3. The highest BCUT2D eigenvalue weighted by Gasteiger charge is 2.10. The van der Waals surface area contributed by atoms with Crippen LogP contribution in [0, 0.1) is 10.5 Å². The summed E-state index contributed by atoms with van der Waals surface area (Å²) < 4.78 is 12.1. The summed E-state index contributed by atoms with van der Waals surface area (Å²) in [7, 11) is 0. The number of hydrogen-bond donors (Lipinski definition) is 1. The van der Waals surface area contributed by atoms with Crippen molar-refractivity contribution in [1.82, 2.24) is 0 Å². The van der Waals surface area contributed by atoms with Crippen molar-refractivity contribution >= 4 is 22.6 Å². The standard InChI is InChI=1S/C12H17IO3/c1-4-15-9(3)16-11-6-10(7-14)5-8(2)12(11)13/h5-6,9,14H,4,7H2,1-3H3. The monoisotopic (exact) mass is 336 g/mol. The summed E-state index contributed by atoms with van der Waals surface area (Å²) in [5.41, 5.74) is 1.96. The predicted molar refractivity (Wildman–Crippen MR) is 71.5 cm³/mol. The molecular formula is C12H17IO3. The van der Waals surface area contributed by atoms with Crippen molar-refractivity contribution < 1.29 is 14.6 Å². The van der Waals surface area contributed by atoms with Crippen molar-refractivity contribution in [2.45, 2.75) is 33.7 Å². The molecule has 0 spiro atoms. The van der Waals surface area contributed by atoms with Gasteiger partial charge in [-0.05, 0) is 60.6 Å². The summed E-state index contributed by atoms with van der Waals surface area (Å²) in [5, 5.41) is 9.13. The van der Waals surface area contributed by atoms with Crippen LogP contribution in [0.3, 0.4) is 0 Å². The molecule has 1 aromatic carbocycles. The topological polar surface area (TPSA) is 38.7 Å². The molecule has 0 radical (unpaired) electrons. The van der Waals surface area contributed by atoms with E-state index in [1.54, 1.807) is 0 Å². The molecule has 0 saturated heterocycles. The van der Waals surface area contributed by atoms with E-state index in [0.29, 0.717) is 6.61 Å². The lowest BCUT2D eigenvalue weighted by Gasteiger charge is -2.17. The molecule has 1 atom stereocenters. The maximum absolute atomic E-state index is 9.13. The molecule has 1 aromatic rings. The van der Waals surface area contributed by atoms with Crippen LogP contribution in [-0.4, -0.2) is 18.0 Å². The molecular weight excluding hydrogens is 319 g/mol. The molecule has 0 aliphatic heterocycles. The Morgan fingerprint density at radius 1 is 1.44 bits per heavy atom. The van der Waals surface area contributed by atoms with Crippen LogP contribution >= 0.6 is 22.6 Å². The lowest BCUT2D eigenvalue weighted by Crippen LogP contribution is -2.17. The van der Waals surface area contributed by atoms with Gasteiger partial charge in [0.25, 0.3) is 0 Å². The first-order valence-corrected chi connectivity index (χ1v) is 6.34. The van der Waals surface area contributed by atoms with Gasteiger partial charge in [0, 0.05) is 6.61 Å². The molecule has 16 heavy (non-hydrogen) atoms. The van der Waals surface area contributed by atoms with Crippen LogP contribution in [0.5, 0.6) is 5.75 Å². The molecule has 4 heteroatoms. The molecule has 0 bridgehead atoms. The summed E-state index contributed by atoms with van der Waals surface area (Å²) in [6.07, 6.45) is -0.271. The van der Waals surface area contributed by atoms with Gasteiger partial charge in [0.2, 0.25) is 0 Å². The van der Waals surface area contributed by atoms with Crippen LogP contribution in [0.4, 0.5) is 0 Å². The smallest absolute Gasteiger partial charge is 0.197 e. The van der Waals surface area contributed by atoms with Crippen molar-refractivity contribution in [2.75, 3.05) is 6.61 Å². The van der Waals surface area contributed by atoms with Crippen LogP contribution in [0.25, 0.3) is 0 Å². The summed E-state index contributed by atoms with van der Waals surface area (Å²) in [4.78, 5) is 0. The molecule has 1 rings (SSSR count). The number of aryl methyl sites for hydroxylation is 1. The van der Waals surface area contributed by atoms with Crippen molar-refractivity contribution in [3.05, 3.63) is 26.8 Å². The molecule has 0 saturated carbocycles. The maximum atomic E-state index is 9.13. The zero-order valence-corrected chi connectivity index (χ0v) is 11.9. The van der Waals surface area contributed by atoms with Crippen molar-refractivity contribution in [3.63, 3.8) is 0 Å². The SMILES string of the molecule is CCOC(C)Oc1cc(CO)cc(C)c1I. The van der Waals surface area contributed by atoms with Crippen LogP contribution in [-0.2, 0) is 11.3 Å². The van der Waals surface area contributed by atoms with E-state index in [-0.39, 0.29) is 12.9 Å². The van der Waals surface area contributed by atoms with Crippen LogP contribution < -0.4 is 4.74 Å². The van der Waals surface area contributed by atoms with E-state index in [1.807, 2.05) is 32.9 Å². The minimum Gasteiger partial charge on any atom is -0.464 e. The second-order valence-corrected chi connectivity index (χ2v) is 4.60. The highest BCUT2D eigenvalue weighted by Crippen LogP contribution is 2.27. The quantitative estimate of drug-likeness (QED) is 0.664. The van der Waals surface area contributed by atoms with Gasteiger partial charge in [-0.1, -0.05) is 6.07 Å². The first kappa shape index (κ1) is 13.7. The first-order chi connectivity index (χ1) is 7.58. The van der Waals surface area contributed by atoms with Crippen LogP contribution in [0.2, 0.25) is 0 Å². The summed E-state index contributed by atoms with van der Waals surface area (Å²) in [6, 6.07) is 3.81. The van der Waals surface area contributed by atoms with Gasteiger partial charge in [-0.25, -0.2) is 0 Å². The fourth-order valence-electron chi connectivity index (χ4n) is 1.43. The summed E-state index contributed by atoms with van der Waals surface area (Å²) in [5.74, 6) is 0.769. The summed E-state index contributed by atoms with van der Waals surface area (Å²) >= 11 is 2.24. The molecule has 0 aromatic heterocycles. The summed E-state index contributed by atoms with van der Waals surface area (Å²) in [6.45, 7) is 6.44. The normalized spacial score (nSPS) is 12.6. The van der Waals surface area contributed by atoms with Crippen molar-refractivity contribution in [1.29, 1.82) is 0 Å². The van der Waals surface area contributed by atoms with E-state index in [2.05, 4.69) is 22.6 Å². The molecule has 1 N–H and O–H groups in total. The van der Waals surface area contributed by atoms with Gasteiger partial charge in [-0.2, -0.15) is 0 Å². The molecule has 0 aliphatic rings. The molecule has 1 unspecified atom stereocenters. The van der Waals surface area contributed by atoms with Gasteiger partial charge in [-0.15, -0.1) is 0 Å². The molecule has 3 nitrogen and oxygen atoms in total. The number of ether oxygens (including phenoxy) is 2. The Balaban J connectivity index is 2.89. The first-order valence-electron chi connectivity index (χ1n) is 5.26. The average molecular weight is 336 g/mol. The Labute approximate surface area is 110 Å². The molecule has 0 heterocycles. The van der Waals surface area contributed by atoms with Gasteiger partial charge in [0.15, 0.2) is 6.29 Å². The highest BCUT2D eigenvalue weighted by atomic mass is 127. The zero-order chi connectivity index (χ0) is 12.1. The van der Waals surface area contributed by atoms with Crippen LogP contribution in [0.15, 0.2) is 12.1 Å². The predicted octanol–water partition coefficient (Wildman–Crippen LogP) is 2.85. The minimum atomic E-state index is -0.271. The second-order valence-electron chi connectivity index (χ2n) is 3.52. The van der Waals surface area contributed by atoms with E-state index < -0.39 is 0 Å². The number of rotatable bonds is 5. The Hall–Kier alpha value is -0.330. The fourth-order valence-corrected chi connectivity index (χ4v) is 1.87. The molecule has 90 valence electrons. The lowest BCUT2D eigenvalue weighted by molar-refractivity contribution is -0.0618. The zero-order valence-electron chi connectivity index (χ0n) is 9.79. The Kier molecular flexibility index (Phi) is 5.51. The van der Waals surface area contributed by atoms with E-state index >= 15 is 0 Å². The van der Waals surface area contributed by atoms with E-state index in [1.165, 1.54) is 0 Å². The van der Waals surface area contributed by atoms with E-state index in [9.17, 15) is 0 Å². The van der Waals surface area contributed by atoms with Gasteiger partial charge in [-0.3, -0.25) is 0 Å². The minimum absolute atomic E-state index is 0.0249. The van der Waals surface area contributed by atoms with E-state index in [4.69, 9.17) is 14.6 Å². The number of aliphatic hydroxyl groups excluding tert-OH is 1.